The molecule has 3 nitrogen and oxygen atoms in total. The Hall–Kier alpha value is -1.26. The summed E-state index contributed by atoms with van der Waals surface area (Å²) in [5, 5.41) is 7.00. The van der Waals surface area contributed by atoms with Crippen molar-refractivity contribution >= 4 is 28.6 Å². The highest BCUT2D eigenvalue weighted by molar-refractivity contribution is 7.09. The van der Waals surface area contributed by atoms with Gasteiger partial charge in [-0.05, 0) is 25.1 Å². The molecule has 0 atom stereocenters. The number of aryl methyl sites for hydroxylation is 1. The fraction of sp³-hybridized carbons (Fsp3) is 0.250. The number of aromatic nitrogens is 1. The highest BCUT2D eigenvalue weighted by Gasteiger charge is 2.02. The Morgan fingerprint density at radius 2 is 2.29 bits per heavy atom. The maximum atomic E-state index is 6.04. The number of thiazole rings is 1. The highest BCUT2D eigenvalue weighted by Crippen LogP contribution is 2.27. The van der Waals surface area contributed by atoms with Crippen molar-refractivity contribution in [3.63, 3.8) is 0 Å². The zero-order chi connectivity index (χ0) is 12.3. The molecule has 1 heterocycles. The van der Waals surface area contributed by atoms with E-state index in [0.717, 1.165) is 16.4 Å². The lowest BCUT2D eigenvalue weighted by atomic mass is 10.3. The van der Waals surface area contributed by atoms with Gasteiger partial charge in [0.2, 0.25) is 0 Å². The van der Waals surface area contributed by atoms with Crippen molar-refractivity contribution in [1.29, 1.82) is 0 Å². The van der Waals surface area contributed by atoms with Crippen LogP contribution in [0.1, 0.15) is 10.7 Å². The van der Waals surface area contributed by atoms with Gasteiger partial charge >= 0.3 is 0 Å². The maximum Gasteiger partial charge on any atom is 0.137 e. The van der Waals surface area contributed by atoms with Gasteiger partial charge in [-0.15, -0.1) is 11.3 Å². The summed E-state index contributed by atoms with van der Waals surface area (Å²) in [6.07, 6.45) is 0. The van der Waals surface area contributed by atoms with Gasteiger partial charge in [0.1, 0.15) is 5.75 Å². The summed E-state index contributed by atoms with van der Waals surface area (Å²) in [7, 11) is 1.60. The van der Waals surface area contributed by atoms with Crippen molar-refractivity contribution in [3.05, 3.63) is 39.3 Å². The predicted molar refractivity (Wildman–Crippen MR) is 72.2 cm³/mol. The van der Waals surface area contributed by atoms with E-state index < -0.39 is 0 Å². The third-order valence-electron chi connectivity index (χ3n) is 2.29. The lowest BCUT2D eigenvalue weighted by molar-refractivity contribution is 0.415. The van der Waals surface area contributed by atoms with E-state index in [1.54, 1.807) is 18.4 Å². The van der Waals surface area contributed by atoms with Crippen molar-refractivity contribution in [3.8, 4) is 5.75 Å². The number of ether oxygens (including phenoxy) is 1. The van der Waals surface area contributed by atoms with Crippen LogP contribution in [0, 0.1) is 6.92 Å². The van der Waals surface area contributed by atoms with Crippen LogP contribution in [-0.2, 0) is 6.54 Å². The van der Waals surface area contributed by atoms with Crippen LogP contribution in [0.25, 0.3) is 0 Å². The molecule has 2 aromatic rings. The standard InChI is InChI=1S/C12H13ClN2OS/c1-8-15-10(7-17-8)6-14-9-3-4-12(16-2)11(13)5-9/h3-5,7,14H,6H2,1-2H3. The summed E-state index contributed by atoms with van der Waals surface area (Å²) in [4.78, 5) is 4.38. The Bertz CT molecular complexity index is 513. The van der Waals surface area contributed by atoms with E-state index in [-0.39, 0.29) is 0 Å². The fourth-order valence-electron chi connectivity index (χ4n) is 1.46. The molecule has 2 rings (SSSR count). The monoisotopic (exact) mass is 268 g/mol. The smallest absolute Gasteiger partial charge is 0.137 e. The van der Waals surface area contributed by atoms with Gasteiger partial charge in [-0.25, -0.2) is 4.98 Å². The summed E-state index contributed by atoms with van der Waals surface area (Å²) in [5.74, 6) is 0.682. The first kappa shape index (κ1) is 12.2. The van der Waals surface area contributed by atoms with Crippen LogP contribution in [0.4, 0.5) is 5.69 Å². The van der Waals surface area contributed by atoms with Crippen LogP contribution < -0.4 is 10.1 Å². The summed E-state index contributed by atoms with van der Waals surface area (Å²) < 4.78 is 5.10. The van der Waals surface area contributed by atoms with E-state index >= 15 is 0 Å². The Kier molecular flexibility index (Phi) is 3.86. The summed E-state index contributed by atoms with van der Waals surface area (Å²) in [6.45, 7) is 2.70. The largest absolute Gasteiger partial charge is 0.495 e. The van der Waals surface area contributed by atoms with Gasteiger partial charge in [0, 0.05) is 11.1 Å². The van der Waals surface area contributed by atoms with Crippen LogP contribution in [0.2, 0.25) is 5.02 Å². The number of nitrogens with zero attached hydrogens (tertiary/aromatic N) is 1. The molecular weight excluding hydrogens is 256 g/mol. The Labute approximate surface area is 109 Å². The van der Waals surface area contributed by atoms with Crippen LogP contribution in [0.3, 0.4) is 0 Å². The molecule has 0 aliphatic heterocycles. The molecule has 0 unspecified atom stereocenters. The lowest BCUT2D eigenvalue weighted by Gasteiger charge is -2.07. The zero-order valence-corrected chi connectivity index (χ0v) is 11.2. The minimum Gasteiger partial charge on any atom is -0.495 e. The third-order valence-corrected chi connectivity index (χ3v) is 3.41. The summed E-state index contributed by atoms with van der Waals surface area (Å²) in [6, 6.07) is 5.63. The van der Waals surface area contributed by atoms with Gasteiger partial charge in [0.05, 0.1) is 29.4 Å². The molecule has 90 valence electrons. The van der Waals surface area contributed by atoms with Crippen molar-refractivity contribution in [2.45, 2.75) is 13.5 Å². The molecule has 1 aromatic carbocycles. The molecule has 1 N–H and O–H groups in total. The number of nitrogens with one attached hydrogen (secondary N) is 1. The molecule has 0 aliphatic carbocycles. The van der Waals surface area contributed by atoms with Crippen LogP contribution in [-0.4, -0.2) is 12.1 Å². The van der Waals surface area contributed by atoms with Gasteiger partial charge < -0.3 is 10.1 Å². The van der Waals surface area contributed by atoms with Gasteiger partial charge in [-0.1, -0.05) is 11.6 Å². The molecule has 0 saturated heterocycles. The van der Waals surface area contributed by atoms with Gasteiger partial charge in [0.15, 0.2) is 0 Å². The van der Waals surface area contributed by atoms with E-state index in [0.29, 0.717) is 17.3 Å². The van der Waals surface area contributed by atoms with Gasteiger partial charge in [-0.3, -0.25) is 0 Å². The van der Waals surface area contributed by atoms with Crippen molar-refractivity contribution in [2.24, 2.45) is 0 Å². The first-order chi connectivity index (χ1) is 8.19. The number of methoxy groups -OCH3 is 1. The molecule has 0 spiro atoms. The topological polar surface area (TPSA) is 34.1 Å². The van der Waals surface area contributed by atoms with Crippen LogP contribution in [0.15, 0.2) is 23.6 Å². The van der Waals surface area contributed by atoms with E-state index in [4.69, 9.17) is 16.3 Å². The predicted octanol–water partition coefficient (Wildman–Crippen LogP) is 3.73. The number of rotatable bonds is 4. The van der Waals surface area contributed by atoms with Crippen molar-refractivity contribution < 1.29 is 4.74 Å². The minimum atomic E-state index is 0.604. The van der Waals surface area contributed by atoms with E-state index in [2.05, 4.69) is 10.3 Å². The molecule has 0 bridgehead atoms. The lowest BCUT2D eigenvalue weighted by Crippen LogP contribution is -1.99. The average Bonchev–Trinajstić information content (AvgIpc) is 2.73. The second-order valence-corrected chi connectivity index (χ2v) is 5.03. The molecule has 0 fully saturated rings. The highest BCUT2D eigenvalue weighted by atomic mass is 35.5. The molecule has 0 amide bonds. The number of hydrogen-bond donors (Lipinski definition) is 1. The summed E-state index contributed by atoms with van der Waals surface area (Å²) >= 11 is 7.69. The van der Waals surface area contributed by atoms with E-state index in [9.17, 15) is 0 Å². The molecule has 5 heteroatoms. The third kappa shape index (κ3) is 3.11. The Balaban J connectivity index is 2.02. The normalized spacial score (nSPS) is 10.3. The zero-order valence-electron chi connectivity index (χ0n) is 9.66. The summed E-state index contributed by atoms with van der Waals surface area (Å²) in [5.41, 5.74) is 2.00. The van der Waals surface area contributed by atoms with E-state index in [1.807, 2.05) is 30.5 Å². The number of benzene rings is 1. The second-order valence-electron chi connectivity index (χ2n) is 3.56. The second kappa shape index (κ2) is 5.38. The van der Waals surface area contributed by atoms with Crippen LogP contribution in [0.5, 0.6) is 5.75 Å². The first-order valence-electron chi connectivity index (χ1n) is 5.17. The molecule has 17 heavy (non-hydrogen) atoms. The maximum absolute atomic E-state index is 6.04. The average molecular weight is 269 g/mol. The molecule has 0 aliphatic rings. The molecule has 0 saturated carbocycles. The van der Waals surface area contributed by atoms with Crippen molar-refractivity contribution in [2.75, 3.05) is 12.4 Å². The SMILES string of the molecule is COc1ccc(NCc2csc(C)n2)cc1Cl. The van der Waals surface area contributed by atoms with Crippen molar-refractivity contribution in [1.82, 2.24) is 4.98 Å². The van der Waals surface area contributed by atoms with E-state index in [1.165, 1.54) is 0 Å². The molecule has 1 aromatic heterocycles. The molecular formula is C12H13ClN2OS. The van der Waals surface area contributed by atoms with Gasteiger partial charge in [-0.2, -0.15) is 0 Å². The molecule has 0 radical (unpaired) electrons. The first-order valence-corrected chi connectivity index (χ1v) is 6.43. The fourth-order valence-corrected chi connectivity index (χ4v) is 2.33. The Morgan fingerprint density at radius 3 is 2.88 bits per heavy atom. The quantitative estimate of drug-likeness (QED) is 0.918. The minimum absolute atomic E-state index is 0.604. The number of hydrogen-bond acceptors (Lipinski definition) is 4. The number of halogens is 1. The van der Waals surface area contributed by atoms with Crippen LogP contribution >= 0.6 is 22.9 Å². The van der Waals surface area contributed by atoms with Gasteiger partial charge in [0.25, 0.3) is 0 Å². The number of anilines is 1. The Morgan fingerprint density at radius 1 is 1.47 bits per heavy atom.